The lowest BCUT2D eigenvalue weighted by Crippen LogP contribution is -2.48. The molecule has 3 rings (SSSR count). The molecule has 5 heteroatoms. The molecule has 1 saturated heterocycles. The van der Waals surface area contributed by atoms with Crippen molar-refractivity contribution in [2.75, 3.05) is 38.0 Å². The molecular weight excluding hydrogens is 318 g/mol. The quantitative estimate of drug-likeness (QED) is 0.875. The Morgan fingerprint density at radius 1 is 1.08 bits per heavy atom. The molecule has 1 aliphatic rings. The van der Waals surface area contributed by atoms with Gasteiger partial charge in [-0.15, -0.1) is 11.3 Å². The number of aryl methyl sites for hydroxylation is 1. The highest BCUT2D eigenvalue weighted by molar-refractivity contribution is 7.09. The van der Waals surface area contributed by atoms with Crippen LogP contribution < -0.4 is 5.32 Å². The molecule has 0 aliphatic carbocycles. The van der Waals surface area contributed by atoms with Gasteiger partial charge in [0, 0.05) is 43.3 Å². The third-order valence-corrected chi connectivity index (χ3v) is 5.33. The van der Waals surface area contributed by atoms with Crippen LogP contribution in [0.25, 0.3) is 0 Å². The van der Waals surface area contributed by atoms with Gasteiger partial charge in [-0.1, -0.05) is 31.2 Å². The molecule has 128 valence electrons. The van der Waals surface area contributed by atoms with Crippen LogP contribution in [-0.2, 0) is 17.8 Å². The van der Waals surface area contributed by atoms with Gasteiger partial charge in [0.25, 0.3) is 0 Å². The molecule has 1 aliphatic heterocycles. The predicted molar refractivity (Wildman–Crippen MR) is 100 cm³/mol. The Labute approximate surface area is 148 Å². The maximum atomic E-state index is 12.3. The number of benzene rings is 1. The van der Waals surface area contributed by atoms with Gasteiger partial charge in [-0.25, -0.2) is 0 Å². The molecule has 0 spiro atoms. The molecule has 0 unspecified atom stereocenters. The largest absolute Gasteiger partial charge is 0.325 e. The standard InChI is InChI=1S/C19H25N3OS/c1-2-16-6-3-4-8-18(16)20-19(23)15-22-11-9-21(10-12-22)14-17-7-5-13-24-17/h3-8,13H,2,9-12,14-15H2,1H3,(H,20,23). The maximum Gasteiger partial charge on any atom is 0.238 e. The zero-order valence-corrected chi connectivity index (χ0v) is 15.0. The summed E-state index contributed by atoms with van der Waals surface area (Å²) < 4.78 is 0. The minimum Gasteiger partial charge on any atom is -0.325 e. The summed E-state index contributed by atoms with van der Waals surface area (Å²) in [7, 11) is 0. The second-order valence-corrected chi connectivity index (χ2v) is 7.22. The molecule has 1 aromatic carbocycles. The second-order valence-electron chi connectivity index (χ2n) is 6.19. The summed E-state index contributed by atoms with van der Waals surface area (Å²) in [6.07, 6.45) is 0.928. The fourth-order valence-corrected chi connectivity index (χ4v) is 3.82. The monoisotopic (exact) mass is 343 g/mol. The van der Waals surface area contributed by atoms with Crippen molar-refractivity contribution in [1.29, 1.82) is 0 Å². The first-order valence-electron chi connectivity index (χ1n) is 8.59. The number of nitrogens with one attached hydrogen (secondary N) is 1. The molecule has 2 aromatic rings. The molecule has 2 heterocycles. The third-order valence-electron chi connectivity index (χ3n) is 4.46. The van der Waals surface area contributed by atoms with Crippen molar-refractivity contribution < 1.29 is 4.79 Å². The molecule has 1 aromatic heterocycles. The number of nitrogens with zero attached hydrogens (tertiary/aromatic N) is 2. The number of para-hydroxylation sites is 1. The van der Waals surface area contributed by atoms with E-state index in [1.54, 1.807) is 0 Å². The third kappa shape index (κ3) is 4.66. The van der Waals surface area contributed by atoms with Crippen molar-refractivity contribution in [3.05, 3.63) is 52.2 Å². The lowest BCUT2D eigenvalue weighted by atomic mass is 10.1. The fraction of sp³-hybridized carbons (Fsp3) is 0.421. The number of hydrogen-bond acceptors (Lipinski definition) is 4. The number of hydrogen-bond donors (Lipinski definition) is 1. The summed E-state index contributed by atoms with van der Waals surface area (Å²) >= 11 is 1.81. The highest BCUT2D eigenvalue weighted by Crippen LogP contribution is 2.16. The van der Waals surface area contributed by atoms with E-state index in [2.05, 4.69) is 45.6 Å². The number of carbonyl (C=O) groups excluding carboxylic acids is 1. The summed E-state index contributed by atoms with van der Waals surface area (Å²) in [5.41, 5.74) is 2.13. The molecule has 0 bridgehead atoms. The van der Waals surface area contributed by atoms with Crippen molar-refractivity contribution in [3.8, 4) is 0 Å². The lowest BCUT2D eigenvalue weighted by Gasteiger charge is -2.34. The Hall–Kier alpha value is -1.69. The van der Waals surface area contributed by atoms with Crippen LogP contribution in [-0.4, -0.2) is 48.4 Å². The van der Waals surface area contributed by atoms with Crippen molar-refractivity contribution in [2.45, 2.75) is 19.9 Å². The summed E-state index contributed by atoms with van der Waals surface area (Å²) in [6.45, 7) is 7.57. The second kappa shape index (κ2) is 8.42. The zero-order valence-electron chi connectivity index (χ0n) is 14.2. The Morgan fingerprint density at radius 3 is 2.54 bits per heavy atom. The normalized spacial score (nSPS) is 16.2. The molecule has 0 atom stereocenters. The smallest absolute Gasteiger partial charge is 0.238 e. The Bertz CT molecular complexity index is 648. The Balaban J connectivity index is 1.44. The van der Waals surface area contributed by atoms with E-state index in [4.69, 9.17) is 0 Å². The van der Waals surface area contributed by atoms with E-state index in [-0.39, 0.29) is 5.91 Å². The van der Waals surface area contributed by atoms with Crippen LogP contribution >= 0.6 is 11.3 Å². The van der Waals surface area contributed by atoms with Crippen LogP contribution in [0.4, 0.5) is 5.69 Å². The molecule has 4 nitrogen and oxygen atoms in total. The number of anilines is 1. The fourth-order valence-electron chi connectivity index (χ4n) is 3.07. The first-order chi connectivity index (χ1) is 11.7. The number of piperazine rings is 1. The van der Waals surface area contributed by atoms with Gasteiger partial charge in [-0.05, 0) is 29.5 Å². The molecule has 24 heavy (non-hydrogen) atoms. The lowest BCUT2D eigenvalue weighted by molar-refractivity contribution is -0.117. The van der Waals surface area contributed by atoms with Crippen LogP contribution in [0.1, 0.15) is 17.4 Å². The van der Waals surface area contributed by atoms with Crippen LogP contribution in [0.5, 0.6) is 0 Å². The number of carbonyl (C=O) groups is 1. The van der Waals surface area contributed by atoms with E-state index in [1.165, 1.54) is 10.4 Å². The van der Waals surface area contributed by atoms with Gasteiger partial charge in [-0.3, -0.25) is 14.6 Å². The highest BCUT2D eigenvalue weighted by Gasteiger charge is 2.19. The number of amides is 1. The van der Waals surface area contributed by atoms with Crippen LogP contribution in [0.15, 0.2) is 41.8 Å². The molecular formula is C19H25N3OS. The zero-order chi connectivity index (χ0) is 16.8. The molecule has 1 N–H and O–H groups in total. The van der Waals surface area contributed by atoms with Gasteiger partial charge in [-0.2, -0.15) is 0 Å². The van der Waals surface area contributed by atoms with E-state index >= 15 is 0 Å². The Morgan fingerprint density at radius 2 is 1.83 bits per heavy atom. The summed E-state index contributed by atoms with van der Waals surface area (Å²) in [5.74, 6) is 0.0857. The van der Waals surface area contributed by atoms with Gasteiger partial charge >= 0.3 is 0 Å². The predicted octanol–water partition coefficient (Wildman–Crippen LogP) is 3.07. The summed E-state index contributed by atoms with van der Waals surface area (Å²) in [5, 5.41) is 5.19. The van der Waals surface area contributed by atoms with E-state index in [1.807, 2.05) is 29.5 Å². The molecule has 1 amide bonds. The minimum absolute atomic E-state index is 0.0857. The molecule has 0 saturated carbocycles. The van der Waals surface area contributed by atoms with Crippen molar-refractivity contribution >= 4 is 22.9 Å². The van der Waals surface area contributed by atoms with Crippen molar-refractivity contribution in [3.63, 3.8) is 0 Å². The van der Waals surface area contributed by atoms with Crippen LogP contribution in [0.3, 0.4) is 0 Å². The van der Waals surface area contributed by atoms with E-state index in [9.17, 15) is 4.79 Å². The average Bonchev–Trinajstić information content (AvgIpc) is 3.10. The summed E-state index contributed by atoms with van der Waals surface area (Å²) in [6, 6.07) is 12.3. The van der Waals surface area contributed by atoms with Gasteiger partial charge < -0.3 is 5.32 Å². The molecule has 1 fully saturated rings. The highest BCUT2D eigenvalue weighted by atomic mass is 32.1. The number of thiophene rings is 1. The SMILES string of the molecule is CCc1ccccc1NC(=O)CN1CCN(Cc2cccs2)CC1. The Kier molecular flexibility index (Phi) is 6.01. The number of rotatable bonds is 6. The van der Waals surface area contributed by atoms with Crippen molar-refractivity contribution in [2.24, 2.45) is 0 Å². The average molecular weight is 343 g/mol. The van der Waals surface area contributed by atoms with Gasteiger partial charge in [0.05, 0.1) is 6.54 Å². The van der Waals surface area contributed by atoms with E-state index in [0.717, 1.165) is 44.8 Å². The first kappa shape index (κ1) is 17.1. The van der Waals surface area contributed by atoms with Crippen LogP contribution in [0, 0.1) is 0 Å². The minimum atomic E-state index is 0.0857. The summed E-state index contributed by atoms with van der Waals surface area (Å²) in [4.78, 5) is 18.4. The van der Waals surface area contributed by atoms with Crippen LogP contribution in [0.2, 0.25) is 0 Å². The van der Waals surface area contributed by atoms with Gasteiger partial charge in [0.15, 0.2) is 0 Å². The molecule has 0 radical (unpaired) electrons. The first-order valence-corrected chi connectivity index (χ1v) is 9.47. The van der Waals surface area contributed by atoms with E-state index < -0.39 is 0 Å². The van der Waals surface area contributed by atoms with Gasteiger partial charge in [0.2, 0.25) is 5.91 Å². The van der Waals surface area contributed by atoms with Crippen molar-refractivity contribution in [1.82, 2.24) is 9.80 Å². The maximum absolute atomic E-state index is 12.3. The van der Waals surface area contributed by atoms with Gasteiger partial charge in [0.1, 0.15) is 0 Å². The van der Waals surface area contributed by atoms with E-state index in [0.29, 0.717) is 6.54 Å². The topological polar surface area (TPSA) is 35.6 Å².